The largest absolute Gasteiger partial charge is 0.465 e. The number of carbonyl (C=O) groups excluding carboxylic acids is 2. The van der Waals surface area contributed by atoms with Crippen molar-refractivity contribution in [2.75, 3.05) is 12.4 Å². The Kier molecular flexibility index (Phi) is 6.28. The van der Waals surface area contributed by atoms with Crippen molar-refractivity contribution in [2.45, 2.75) is 27.4 Å². The van der Waals surface area contributed by atoms with Gasteiger partial charge in [0, 0.05) is 11.3 Å². The Morgan fingerprint density at radius 2 is 1.60 bits per heavy atom. The summed E-state index contributed by atoms with van der Waals surface area (Å²) in [6.45, 7) is 5.46. The second-order valence-electron chi connectivity index (χ2n) is 7.15. The second-order valence-corrected chi connectivity index (χ2v) is 7.15. The summed E-state index contributed by atoms with van der Waals surface area (Å²) in [4.78, 5) is 29.4. The third-order valence-electron chi connectivity index (χ3n) is 4.94. The molecule has 0 aliphatic heterocycles. The molecule has 1 aromatic heterocycles. The zero-order chi connectivity index (χ0) is 21.8. The number of rotatable bonds is 5. The van der Waals surface area contributed by atoms with Gasteiger partial charge in [0.1, 0.15) is 5.69 Å². The average Bonchev–Trinajstić information content (AvgIpc) is 2.75. The van der Waals surface area contributed by atoms with Gasteiger partial charge >= 0.3 is 5.97 Å². The zero-order valence-corrected chi connectivity index (χ0v) is 17.4. The molecule has 154 valence electrons. The fourth-order valence-electron chi connectivity index (χ4n) is 3.27. The Morgan fingerprint density at radius 1 is 0.967 bits per heavy atom. The van der Waals surface area contributed by atoms with Gasteiger partial charge in [-0.15, -0.1) is 0 Å². The number of ether oxygens (including phenoxy) is 1. The number of aliphatic hydroxyl groups excluding tert-OH is 1. The molecule has 1 heterocycles. The summed E-state index contributed by atoms with van der Waals surface area (Å²) in [5.74, 6) is -0.741. The molecule has 6 nitrogen and oxygen atoms in total. The number of anilines is 1. The number of aromatic nitrogens is 1. The number of aliphatic hydroxyl groups is 1. The molecule has 0 unspecified atom stereocenters. The summed E-state index contributed by atoms with van der Waals surface area (Å²) in [5.41, 5.74) is 6.03. The number of nitrogens with one attached hydrogen (secondary N) is 1. The number of aryl methyl sites for hydroxylation is 3. The van der Waals surface area contributed by atoms with Crippen LogP contribution in [0.4, 0.5) is 5.69 Å². The number of benzene rings is 2. The van der Waals surface area contributed by atoms with Crippen molar-refractivity contribution >= 4 is 17.6 Å². The summed E-state index contributed by atoms with van der Waals surface area (Å²) in [6, 6.07) is 14.5. The average molecular weight is 404 g/mol. The monoisotopic (exact) mass is 404 g/mol. The van der Waals surface area contributed by atoms with Crippen molar-refractivity contribution in [3.63, 3.8) is 0 Å². The normalized spacial score (nSPS) is 10.6. The van der Waals surface area contributed by atoms with Gasteiger partial charge in [0.05, 0.1) is 25.0 Å². The van der Waals surface area contributed by atoms with E-state index in [4.69, 9.17) is 4.74 Å². The molecule has 6 heteroatoms. The highest BCUT2D eigenvalue weighted by molar-refractivity contribution is 6.05. The fourth-order valence-corrected chi connectivity index (χ4v) is 3.27. The predicted octanol–water partition coefficient (Wildman–Crippen LogP) is 4.21. The van der Waals surface area contributed by atoms with Gasteiger partial charge in [-0.3, -0.25) is 4.79 Å². The smallest absolute Gasteiger partial charge is 0.337 e. The van der Waals surface area contributed by atoms with Gasteiger partial charge in [-0.1, -0.05) is 30.3 Å². The minimum atomic E-state index is -0.420. The maximum atomic E-state index is 13.0. The molecule has 0 spiro atoms. The lowest BCUT2D eigenvalue weighted by atomic mass is 10.0. The molecule has 0 fully saturated rings. The number of esters is 1. The lowest BCUT2D eigenvalue weighted by molar-refractivity contribution is 0.0600. The Balaban J connectivity index is 1.91. The lowest BCUT2D eigenvalue weighted by Gasteiger charge is -2.14. The molecule has 0 aliphatic rings. The van der Waals surface area contributed by atoms with E-state index < -0.39 is 5.97 Å². The molecule has 0 aliphatic carbocycles. The molecular weight excluding hydrogens is 380 g/mol. The van der Waals surface area contributed by atoms with Gasteiger partial charge in [-0.2, -0.15) is 0 Å². The number of methoxy groups -OCH3 is 1. The molecule has 0 atom stereocenters. The van der Waals surface area contributed by atoms with Crippen LogP contribution in [-0.2, 0) is 11.3 Å². The van der Waals surface area contributed by atoms with Crippen LogP contribution in [0.5, 0.6) is 0 Å². The van der Waals surface area contributed by atoms with Crippen LogP contribution in [0.15, 0.2) is 48.5 Å². The van der Waals surface area contributed by atoms with Gasteiger partial charge in [0.15, 0.2) is 0 Å². The molecular formula is C24H24N2O4. The number of pyridine rings is 1. The first kappa shape index (κ1) is 21.2. The van der Waals surface area contributed by atoms with Crippen LogP contribution in [0.25, 0.3) is 11.3 Å². The minimum absolute atomic E-state index is 0.0251. The first-order chi connectivity index (χ1) is 14.3. The second kappa shape index (κ2) is 8.88. The van der Waals surface area contributed by atoms with Crippen molar-refractivity contribution in [3.8, 4) is 11.3 Å². The van der Waals surface area contributed by atoms with Crippen molar-refractivity contribution in [2.24, 2.45) is 0 Å². The van der Waals surface area contributed by atoms with Crippen molar-refractivity contribution in [3.05, 3.63) is 82.0 Å². The van der Waals surface area contributed by atoms with E-state index >= 15 is 0 Å². The number of carbonyl (C=O) groups is 2. The van der Waals surface area contributed by atoms with E-state index in [9.17, 15) is 14.7 Å². The van der Waals surface area contributed by atoms with E-state index in [0.717, 1.165) is 27.8 Å². The Hall–Kier alpha value is -3.51. The van der Waals surface area contributed by atoms with E-state index in [2.05, 4.69) is 10.3 Å². The highest BCUT2D eigenvalue weighted by Gasteiger charge is 2.17. The summed E-state index contributed by atoms with van der Waals surface area (Å²) in [5, 5.41) is 12.1. The van der Waals surface area contributed by atoms with E-state index in [1.165, 1.54) is 7.11 Å². The van der Waals surface area contributed by atoms with Crippen LogP contribution in [0.1, 0.15) is 43.1 Å². The van der Waals surface area contributed by atoms with Gasteiger partial charge in [-0.05, 0) is 61.2 Å². The number of nitrogens with zero attached hydrogens (tertiary/aromatic N) is 1. The Labute approximate surface area is 175 Å². The topological polar surface area (TPSA) is 88.5 Å². The Morgan fingerprint density at radius 3 is 2.17 bits per heavy atom. The Bertz CT molecular complexity index is 1080. The SMILES string of the molecule is COC(=O)c1cc(C)c(NC(=O)c2nc(-c3ccc(CO)cc3)ccc2C)c(C)c1. The van der Waals surface area contributed by atoms with Gasteiger partial charge in [0.2, 0.25) is 0 Å². The predicted molar refractivity (Wildman–Crippen MR) is 116 cm³/mol. The molecule has 0 bridgehead atoms. The molecule has 0 saturated carbocycles. The van der Waals surface area contributed by atoms with Crippen LogP contribution in [0.2, 0.25) is 0 Å². The standard InChI is InChI=1S/C24H24N2O4/c1-14-5-10-20(18-8-6-17(13-27)7-9-18)25-22(14)23(28)26-21-15(2)11-19(12-16(21)3)24(29)30-4/h5-12,27H,13H2,1-4H3,(H,26,28). The van der Waals surface area contributed by atoms with Crippen molar-refractivity contribution < 1.29 is 19.4 Å². The summed E-state index contributed by atoms with van der Waals surface area (Å²) in [6.07, 6.45) is 0. The molecule has 2 N–H and O–H groups in total. The van der Waals surface area contributed by atoms with Gasteiger partial charge in [-0.25, -0.2) is 9.78 Å². The number of hydrogen-bond acceptors (Lipinski definition) is 5. The van der Waals surface area contributed by atoms with E-state index in [-0.39, 0.29) is 12.5 Å². The number of hydrogen-bond donors (Lipinski definition) is 2. The van der Waals surface area contributed by atoms with Gasteiger partial charge < -0.3 is 15.2 Å². The van der Waals surface area contributed by atoms with Crippen LogP contribution in [-0.4, -0.2) is 29.1 Å². The van der Waals surface area contributed by atoms with E-state index in [0.29, 0.717) is 22.6 Å². The molecule has 2 aromatic carbocycles. The van der Waals surface area contributed by atoms with Crippen LogP contribution < -0.4 is 5.32 Å². The number of amides is 1. The molecule has 0 saturated heterocycles. The first-order valence-electron chi connectivity index (χ1n) is 9.52. The maximum Gasteiger partial charge on any atom is 0.337 e. The maximum absolute atomic E-state index is 13.0. The third kappa shape index (κ3) is 4.39. The molecule has 3 aromatic rings. The molecule has 1 amide bonds. The highest BCUT2D eigenvalue weighted by Crippen LogP contribution is 2.25. The third-order valence-corrected chi connectivity index (χ3v) is 4.94. The van der Waals surface area contributed by atoms with Crippen LogP contribution >= 0.6 is 0 Å². The van der Waals surface area contributed by atoms with Crippen molar-refractivity contribution in [1.29, 1.82) is 0 Å². The van der Waals surface area contributed by atoms with Crippen LogP contribution in [0.3, 0.4) is 0 Å². The van der Waals surface area contributed by atoms with Crippen LogP contribution in [0, 0.1) is 20.8 Å². The fraction of sp³-hybridized carbons (Fsp3) is 0.208. The van der Waals surface area contributed by atoms with E-state index in [1.54, 1.807) is 12.1 Å². The molecule has 0 radical (unpaired) electrons. The summed E-state index contributed by atoms with van der Waals surface area (Å²) in [7, 11) is 1.33. The molecule has 3 rings (SSSR count). The summed E-state index contributed by atoms with van der Waals surface area (Å²) < 4.78 is 4.77. The highest BCUT2D eigenvalue weighted by atomic mass is 16.5. The molecule has 30 heavy (non-hydrogen) atoms. The minimum Gasteiger partial charge on any atom is -0.465 e. The zero-order valence-electron chi connectivity index (χ0n) is 17.4. The quantitative estimate of drug-likeness (QED) is 0.622. The van der Waals surface area contributed by atoms with Gasteiger partial charge in [0.25, 0.3) is 5.91 Å². The van der Waals surface area contributed by atoms with Crippen molar-refractivity contribution in [1.82, 2.24) is 4.98 Å². The van der Waals surface area contributed by atoms with E-state index in [1.807, 2.05) is 57.2 Å². The lowest BCUT2D eigenvalue weighted by Crippen LogP contribution is -2.17. The summed E-state index contributed by atoms with van der Waals surface area (Å²) >= 11 is 0. The first-order valence-corrected chi connectivity index (χ1v) is 9.52.